The van der Waals surface area contributed by atoms with Crippen molar-refractivity contribution in [3.05, 3.63) is 0 Å². The topological polar surface area (TPSA) is 60.9 Å². The highest BCUT2D eigenvalue weighted by Gasteiger charge is 2.51. The van der Waals surface area contributed by atoms with Crippen molar-refractivity contribution in [2.45, 2.75) is 57.5 Å². The average molecular weight is 268 g/mol. The maximum atomic E-state index is 11.9. The van der Waals surface area contributed by atoms with E-state index in [0.29, 0.717) is 25.4 Å². The molecule has 0 bridgehead atoms. The van der Waals surface area contributed by atoms with Gasteiger partial charge in [-0.2, -0.15) is 0 Å². The fraction of sp³-hybridized carbons (Fsp3) is 0.857. The van der Waals surface area contributed by atoms with Gasteiger partial charge in [0.05, 0.1) is 0 Å². The van der Waals surface area contributed by atoms with E-state index in [-0.39, 0.29) is 5.91 Å². The molecule has 2 unspecified atom stereocenters. The Kier molecular flexibility index (Phi) is 4.13. The molecule has 0 aromatic carbocycles. The van der Waals surface area contributed by atoms with E-state index in [1.165, 1.54) is 6.92 Å². The number of hydrogen-bond acceptors (Lipinski definition) is 3. The fourth-order valence-corrected chi connectivity index (χ4v) is 3.69. The predicted molar refractivity (Wildman–Crippen MR) is 71.9 cm³/mol. The van der Waals surface area contributed by atoms with Crippen LogP contribution in [-0.4, -0.2) is 58.0 Å². The highest BCUT2D eigenvalue weighted by Crippen LogP contribution is 2.37. The first-order chi connectivity index (χ1) is 9.01. The van der Waals surface area contributed by atoms with Crippen LogP contribution in [0.4, 0.5) is 0 Å². The van der Waals surface area contributed by atoms with E-state index in [9.17, 15) is 14.7 Å². The second-order valence-corrected chi connectivity index (χ2v) is 5.79. The second-order valence-electron chi connectivity index (χ2n) is 5.79. The molecule has 1 N–H and O–H groups in total. The van der Waals surface area contributed by atoms with Gasteiger partial charge in [-0.3, -0.25) is 4.79 Å². The van der Waals surface area contributed by atoms with Gasteiger partial charge in [0.15, 0.2) is 0 Å². The summed E-state index contributed by atoms with van der Waals surface area (Å²) in [6.07, 6.45) is 4.14. The molecule has 2 rings (SSSR count). The minimum absolute atomic E-state index is 0.115. The summed E-state index contributed by atoms with van der Waals surface area (Å²) in [5, 5.41) is 9.74. The minimum atomic E-state index is -0.979. The number of piperidine rings is 1. The molecule has 0 aromatic rings. The molecule has 108 valence electrons. The van der Waals surface area contributed by atoms with E-state index < -0.39 is 11.5 Å². The zero-order valence-corrected chi connectivity index (χ0v) is 11.9. The van der Waals surface area contributed by atoms with Crippen LogP contribution < -0.4 is 0 Å². The Morgan fingerprint density at radius 3 is 2.74 bits per heavy atom. The molecule has 2 aliphatic rings. The quantitative estimate of drug-likeness (QED) is 0.835. The van der Waals surface area contributed by atoms with Crippen molar-refractivity contribution in [3.8, 4) is 0 Å². The maximum Gasteiger partial charge on any atom is 0.329 e. The van der Waals surface area contributed by atoms with Gasteiger partial charge in [-0.15, -0.1) is 0 Å². The Bertz CT molecular complexity index is 372. The molecule has 2 fully saturated rings. The molecule has 5 heteroatoms. The van der Waals surface area contributed by atoms with E-state index in [1.54, 1.807) is 4.90 Å². The molecule has 5 nitrogen and oxygen atoms in total. The lowest BCUT2D eigenvalue weighted by atomic mass is 9.81. The van der Waals surface area contributed by atoms with E-state index in [0.717, 1.165) is 32.4 Å². The van der Waals surface area contributed by atoms with E-state index in [2.05, 4.69) is 4.90 Å². The fourth-order valence-electron chi connectivity index (χ4n) is 3.69. The highest BCUT2D eigenvalue weighted by molar-refractivity contribution is 5.86. The van der Waals surface area contributed by atoms with Crippen LogP contribution in [0.2, 0.25) is 0 Å². The number of carboxylic acids is 1. The Hall–Kier alpha value is -1.10. The zero-order valence-electron chi connectivity index (χ0n) is 11.9. The predicted octanol–water partition coefficient (Wildman–Crippen LogP) is 1.33. The Morgan fingerprint density at radius 1 is 1.42 bits per heavy atom. The minimum Gasteiger partial charge on any atom is -0.479 e. The Labute approximate surface area is 114 Å². The number of hydrogen-bond donors (Lipinski definition) is 1. The molecule has 2 atom stereocenters. The van der Waals surface area contributed by atoms with Gasteiger partial charge >= 0.3 is 5.97 Å². The number of carbonyl (C=O) groups is 2. The van der Waals surface area contributed by atoms with Crippen LogP contribution >= 0.6 is 0 Å². The van der Waals surface area contributed by atoms with Gasteiger partial charge in [0.1, 0.15) is 5.54 Å². The summed E-state index contributed by atoms with van der Waals surface area (Å²) in [6, 6.07) is 0.337. The molecule has 0 radical (unpaired) electrons. The molecule has 1 amide bonds. The third-order valence-electron chi connectivity index (χ3n) is 4.63. The smallest absolute Gasteiger partial charge is 0.329 e. The summed E-state index contributed by atoms with van der Waals surface area (Å²) in [7, 11) is 0. The monoisotopic (exact) mass is 268 g/mol. The SMILES string of the molecule is CCCN(C(C)=O)C1(C(=O)O)CCN2CCCC2C1. The van der Waals surface area contributed by atoms with Crippen molar-refractivity contribution >= 4 is 11.9 Å². The highest BCUT2D eigenvalue weighted by atomic mass is 16.4. The van der Waals surface area contributed by atoms with Gasteiger partial charge in [0.2, 0.25) is 5.91 Å². The molecule has 0 aliphatic carbocycles. The number of amides is 1. The summed E-state index contributed by atoms with van der Waals surface area (Å²) in [4.78, 5) is 27.7. The number of carboxylic acid groups (broad SMARTS) is 1. The van der Waals surface area contributed by atoms with Crippen LogP contribution in [0.5, 0.6) is 0 Å². The van der Waals surface area contributed by atoms with Crippen molar-refractivity contribution in [2.24, 2.45) is 0 Å². The number of nitrogens with zero attached hydrogens (tertiary/aromatic N) is 2. The van der Waals surface area contributed by atoms with Crippen molar-refractivity contribution in [2.75, 3.05) is 19.6 Å². The first-order valence-electron chi connectivity index (χ1n) is 7.27. The van der Waals surface area contributed by atoms with Crippen LogP contribution in [0.1, 0.15) is 46.0 Å². The first kappa shape index (κ1) is 14.3. The molecular weight excluding hydrogens is 244 g/mol. The van der Waals surface area contributed by atoms with E-state index in [1.807, 2.05) is 6.92 Å². The van der Waals surface area contributed by atoms with Crippen LogP contribution in [0.3, 0.4) is 0 Å². The first-order valence-corrected chi connectivity index (χ1v) is 7.27. The zero-order chi connectivity index (χ0) is 14.0. The summed E-state index contributed by atoms with van der Waals surface area (Å²) >= 11 is 0. The van der Waals surface area contributed by atoms with Crippen molar-refractivity contribution in [3.63, 3.8) is 0 Å². The van der Waals surface area contributed by atoms with Gasteiger partial charge < -0.3 is 14.9 Å². The molecule has 0 saturated carbocycles. The molecular formula is C14H24N2O3. The van der Waals surface area contributed by atoms with Crippen molar-refractivity contribution < 1.29 is 14.7 Å². The summed E-state index contributed by atoms with van der Waals surface area (Å²) in [5.41, 5.74) is -0.979. The third kappa shape index (κ3) is 2.48. The van der Waals surface area contributed by atoms with Crippen LogP contribution in [0.15, 0.2) is 0 Å². The number of fused-ring (bicyclic) bond motifs is 1. The number of aliphatic carboxylic acids is 1. The third-order valence-corrected chi connectivity index (χ3v) is 4.63. The number of rotatable bonds is 4. The molecule has 2 aliphatic heterocycles. The molecule has 0 aromatic heterocycles. The molecule has 2 saturated heterocycles. The average Bonchev–Trinajstić information content (AvgIpc) is 2.81. The Morgan fingerprint density at radius 2 is 2.16 bits per heavy atom. The second kappa shape index (κ2) is 5.49. The molecule has 0 spiro atoms. The summed E-state index contributed by atoms with van der Waals surface area (Å²) in [5.74, 6) is -0.946. The molecule has 19 heavy (non-hydrogen) atoms. The van der Waals surface area contributed by atoms with Crippen LogP contribution in [0, 0.1) is 0 Å². The van der Waals surface area contributed by atoms with E-state index >= 15 is 0 Å². The van der Waals surface area contributed by atoms with Crippen LogP contribution in [0.25, 0.3) is 0 Å². The lowest BCUT2D eigenvalue weighted by molar-refractivity contribution is -0.163. The standard InChI is InChI=1S/C14H24N2O3/c1-3-7-16(11(2)17)14(13(18)19)6-9-15-8-4-5-12(15)10-14/h12H,3-10H2,1-2H3,(H,18,19). The number of carbonyl (C=O) groups excluding carboxylic acids is 1. The van der Waals surface area contributed by atoms with Gasteiger partial charge in [-0.25, -0.2) is 4.79 Å². The van der Waals surface area contributed by atoms with Gasteiger partial charge in [-0.05, 0) is 38.6 Å². The van der Waals surface area contributed by atoms with Gasteiger partial charge in [0, 0.05) is 26.1 Å². The Balaban J connectivity index is 2.26. The van der Waals surface area contributed by atoms with Gasteiger partial charge in [0.25, 0.3) is 0 Å². The van der Waals surface area contributed by atoms with Gasteiger partial charge in [-0.1, -0.05) is 6.92 Å². The largest absolute Gasteiger partial charge is 0.479 e. The summed E-state index contributed by atoms with van der Waals surface area (Å²) < 4.78 is 0. The lowest BCUT2D eigenvalue weighted by Crippen LogP contribution is -2.63. The normalized spacial score (nSPS) is 30.9. The lowest BCUT2D eigenvalue weighted by Gasteiger charge is -2.47. The maximum absolute atomic E-state index is 11.9. The van der Waals surface area contributed by atoms with Crippen LogP contribution in [-0.2, 0) is 9.59 Å². The molecule has 2 heterocycles. The van der Waals surface area contributed by atoms with Crippen molar-refractivity contribution in [1.29, 1.82) is 0 Å². The van der Waals surface area contributed by atoms with Crippen molar-refractivity contribution in [1.82, 2.24) is 9.80 Å². The van der Waals surface area contributed by atoms with E-state index in [4.69, 9.17) is 0 Å². The summed E-state index contributed by atoms with van der Waals surface area (Å²) in [6.45, 7) is 5.88.